The Balaban J connectivity index is 2.01. The molecule has 3 aromatic rings. The largest absolute Gasteiger partial charge is 0.364 e. The van der Waals surface area contributed by atoms with Crippen molar-refractivity contribution in [2.75, 3.05) is 6.61 Å². The summed E-state index contributed by atoms with van der Waals surface area (Å²) in [5, 5.41) is 0.968. The molecule has 2 nitrogen and oxygen atoms in total. The first kappa shape index (κ1) is 12.6. The van der Waals surface area contributed by atoms with Crippen LogP contribution in [0.25, 0.3) is 10.9 Å². The number of aromatic nitrogens is 1. The van der Waals surface area contributed by atoms with E-state index < -0.39 is 5.60 Å². The maximum atomic E-state index is 14.1. The van der Waals surface area contributed by atoms with Gasteiger partial charge in [-0.1, -0.05) is 42.5 Å². The Morgan fingerprint density at radius 1 is 1.10 bits per heavy atom. The number of hydrogen-bond acceptors (Lipinski definition) is 1. The van der Waals surface area contributed by atoms with Gasteiger partial charge in [0.25, 0.3) is 0 Å². The van der Waals surface area contributed by atoms with Crippen molar-refractivity contribution >= 4 is 10.9 Å². The summed E-state index contributed by atoms with van der Waals surface area (Å²) in [6.45, 7) is 2.69. The lowest BCUT2D eigenvalue weighted by atomic mass is 9.87. The van der Waals surface area contributed by atoms with E-state index in [0.29, 0.717) is 12.1 Å². The monoisotopic (exact) mass is 281 g/mol. The fourth-order valence-electron chi connectivity index (χ4n) is 3.32. The predicted molar refractivity (Wildman–Crippen MR) is 80.8 cm³/mol. The van der Waals surface area contributed by atoms with Crippen LogP contribution in [0.3, 0.4) is 0 Å². The van der Waals surface area contributed by atoms with Gasteiger partial charge >= 0.3 is 0 Å². The predicted octanol–water partition coefficient (Wildman–Crippen LogP) is 4.14. The molecule has 1 N–H and O–H groups in total. The van der Waals surface area contributed by atoms with E-state index >= 15 is 0 Å². The molecule has 106 valence electrons. The number of fused-ring (bicyclic) bond motifs is 3. The first-order valence-electron chi connectivity index (χ1n) is 7.19. The molecule has 0 amide bonds. The molecule has 0 bridgehead atoms. The second-order valence-electron chi connectivity index (χ2n) is 5.64. The van der Waals surface area contributed by atoms with Gasteiger partial charge in [0.15, 0.2) is 0 Å². The molecule has 2 heterocycles. The van der Waals surface area contributed by atoms with Gasteiger partial charge in [0.05, 0.1) is 17.8 Å². The molecule has 1 aromatic heterocycles. The number of para-hydroxylation sites is 1. The van der Waals surface area contributed by atoms with Gasteiger partial charge in [-0.15, -0.1) is 0 Å². The Hall–Kier alpha value is -2.13. The minimum Gasteiger partial charge on any atom is -0.364 e. The number of hydrogen-bond donors (Lipinski definition) is 1. The van der Waals surface area contributed by atoms with Gasteiger partial charge in [0.1, 0.15) is 11.4 Å². The highest BCUT2D eigenvalue weighted by molar-refractivity contribution is 5.86. The summed E-state index contributed by atoms with van der Waals surface area (Å²) in [5.41, 5.74) is 3.25. The van der Waals surface area contributed by atoms with E-state index in [2.05, 4.69) is 17.1 Å². The van der Waals surface area contributed by atoms with Crippen LogP contribution in [0.1, 0.15) is 23.7 Å². The van der Waals surface area contributed by atoms with Crippen LogP contribution < -0.4 is 0 Å². The zero-order valence-corrected chi connectivity index (χ0v) is 11.8. The Morgan fingerprint density at radius 3 is 2.71 bits per heavy atom. The van der Waals surface area contributed by atoms with Crippen molar-refractivity contribution in [1.29, 1.82) is 0 Å². The minimum atomic E-state index is -0.555. The van der Waals surface area contributed by atoms with Gasteiger partial charge in [0, 0.05) is 5.39 Å². The van der Waals surface area contributed by atoms with Gasteiger partial charge < -0.3 is 9.72 Å². The van der Waals surface area contributed by atoms with Crippen LogP contribution in [-0.4, -0.2) is 11.6 Å². The molecule has 1 atom stereocenters. The molecule has 0 spiro atoms. The smallest absolute Gasteiger partial charge is 0.147 e. The number of nitrogens with one attached hydrogen (secondary N) is 1. The van der Waals surface area contributed by atoms with Crippen LogP contribution in [0.5, 0.6) is 0 Å². The molecular formula is C18H16FNO. The Kier molecular flexibility index (Phi) is 2.66. The van der Waals surface area contributed by atoms with Gasteiger partial charge in [0.2, 0.25) is 0 Å². The molecule has 0 aliphatic carbocycles. The van der Waals surface area contributed by atoms with Gasteiger partial charge in [-0.05, 0) is 30.5 Å². The van der Waals surface area contributed by atoms with Crippen LogP contribution in [0.15, 0.2) is 48.5 Å². The van der Waals surface area contributed by atoms with E-state index in [4.69, 9.17) is 4.74 Å². The summed E-state index contributed by atoms with van der Waals surface area (Å²) in [6, 6.07) is 15.3. The highest BCUT2D eigenvalue weighted by Gasteiger charge is 2.37. The minimum absolute atomic E-state index is 0.211. The standard InChI is InChI=1S/C18H16FNO/c1-18(12-6-3-2-4-7-12)17-14(10-11-21-18)13-8-5-9-15(19)16(13)20-17/h2-9,20H,10-11H2,1H3/t18-/m1/s1. The van der Waals surface area contributed by atoms with Crippen LogP contribution in [0.4, 0.5) is 4.39 Å². The fourth-order valence-corrected chi connectivity index (χ4v) is 3.32. The molecule has 1 aliphatic rings. The van der Waals surface area contributed by atoms with E-state index in [1.807, 2.05) is 31.2 Å². The quantitative estimate of drug-likeness (QED) is 0.712. The number of benzene rings is 2. The highest BCUT2D eigenvalue weighted by atomic mass is 19.1. The van der Waals surface area contributed by atoms with E-state index in [1.54, 1.807) is 6.07 Å². The van der Waals surface area contributed by atoms with E-state index in [9.17, 15) is 4.39 Å². The van der Waals surface area contributed by atoms with Crippen molar-refractivity contribution in [2.24, 2.45) is 0 Å². The van der Waals surface area contributed by atoms with Crippen LogP contribution in [-0.2, 0) is 16.8 Å². The lowest BCUT2D eigenvalue weighted by Gasteiger charge is -2.34. The normalized spacial score (nSPS) is 21.4. The molecule has 0 radical (unpaired) electrons. The maximum Gasteiger partial charge on any atom is 0.147 e. The molecule has 1 aliphatic heterocycles. The van der Waals surface area contributed by atoms with Gasteiger partial charge in [-0.25, -0.2) is 4.39 Å². The van der Waals surface area contributed by atoms with Crippen LogP contribution in [0.2, 0.25) is 0 Å². The molecule has 2 aromatic carbocycles. The molecular weight excluding hydrogens is 265 g/mol. The zero-order chi connectivity index (χ0) is 14.4. The molecule has 0 saturated carbocycles. The van der Waals surface area contributed by atoms with E-state index in [1.165, 1.54) is 11.6 Å². The molecule has 0 fully saturated rings. The van der Waals surface area contributed by atoms with Crippen LogP contribution in [0, 0.1) is 5.82 Å². The van der Waals surface area contributed by atoms with Crippen molar-refractivity contribution in [3.63, 3.8) is 0 Å². The lowest BCUT2D eigenvalue weighted by Crippen LogP contribution is -2.33. The second kappa shape index (κ2) is 4.43. The molecule has 0 saturated heterocycles. The summed E-state index contributed by atoms with van der Waals surface area (Å²) in [4.78, 5) is 3.27. The van der Waals surface area contributed by atoms with Crippen molar-refractivity contribution in [2.45, 2.75) is 18.9 Å². The van der Waals surface area contributed by atoms with Crippen molar-refractivity contribution in [3.05, 3.63) is 71.2 Å². The Bertz CT molecular complexity index is 809. The molecule has 4 rings (SSSR count). The maximum absolute atomic E-state index is 14.1. The van der Waals surface area contributed by atoms with Crippen molar-refractivity contribution in [1.82, 2.24) is 4.98 Å². The average Bonchev–Trinajstić information content (AvgIpc) is 2.90. The van der Waals surface area contributed by atoms with Crippen LogP contribution >= 0.6 is 0 Å². The number of rotatable bonds is 1. The number of H-pyrrole nitrogens is 1. The Morgan fingerprint density at radius 2 is 1.90 bits per heavy atom. The highest BCUT2D eigenvalue weighted by Crippen LogP contribution is 2.41. The summed E-state index contributed by atoms with van der Waals surface area (Å²) in [7, 11) is 0. The lowest BCUT2D eigenvalue weighted by molar-refractivity contribution is -0.0166. The third kappa shape index (κ3) is 1.74. The topological polar surface area (TPSA) is 25.0 Å². The fraction of sp³-hybridized carbons (Fsp3) is 0.222. The van der Waals surface area contributed by atoms with Gasteiger partial charge in [-0.2, -0.15) is 0 Å². The SMILES string of the molecule is C[C@]1(c2ccccc2)OCCc2c1[nH]c1c(F)cccc21. The molecule has 0 unspecified atom stereocenters. The first-order chi connectivity index (χ1) is 10.2. The van der Waals surface area contributed by atoms with Crippen molar-refractivity contribution < 1.29 is 9.13 Å². The number of aromatic amines is 1. The molecule has 21 heavy (non-hydrogen) atoms. The molecule has 3 heteroatoms. The average molecular weight is 281 g/mol. The van der Waals surface area contributed by atoms with E-state index in [-0.39, 0.29) is 5.82 Å². The summed E-state index contributed by atoms with van der Waals surface area (Å²) >= 11 is 0. The van der Waals surface area contributed by atoms with Crippen molar-refractivity contribution in [3.8, 4) is 0 Å². The summed E-state index contributed by atoms with van der Waals surface area (Å²) in [5.74, 6) is -0.211. The third-order valence-electron chi connectivity index (χ3n) is 4.44. The third-order valence-corrected chi connectivity index (χ3v) is 4.44. The number of ether oxygens (including phenoxy) is 1. The number of halogens is 1. The Labute approximate surface area is 122 Å². The summed E-state index contributed by atoms with van der Waals surface area (Å²) < 4.78 is 20.1. The van der Waals surface area contributed by atoms with Gasteiger partial charge in [-0.3, -0.25) is 0 Å². The second-order valence-corrected chi connectivity index (χ2v) is 5.64. The van der Waals surface area contributed by atoms with E-state index in [0.717, 1.165) is 23.1 Å². The summed E-state index contributed by atoms with van der Waals surface area (Å²) in [6.07, 6.45) is 0.807. The first-order valence-corrected chi connectivity index (χ1v) is 7.19. The zero-order valence-electron chi connectivity index (χ0n) is 11.8.